The maximum Gasteiger partial charge on any atom is 0.308 e. The van der Waals surface area contributed by atoms with Gasteiger partial charge in [0.15, 0.2) is 0 Å². The first-order valence-electron chi connectivity index (χ1n) is 7.73. The lowest BCUT2D eigenvalue weighted by Gasteiger charge is -2.21. The molecule has 25 heavy (non-hydrogen) atoms. The highest BCUT2D eigenvalue weighted by Gasteiger charge is 2.24. The van der Waals surface area contributed by atoms with E-state index in [1.54, 1.807) is 0 Å². The number of amides is 1. The van der Waals surface area contributed by atoms with Gasteiger partial charge < -0.3 is 15.5 Å². The summed E-state index contributed by atoms with van der Waals surface area (Å²) in [6, 6.07) is 11.2. The van der Waals surface area contributed by atoms with Gasteiger partial charge >= 0.3 is 5.97 Å². The Morgan fingerprint density at radius 2 is 1.88 bits per heavy atom. The van der Waals surface area contributed by atoms with Crippen LogP contribution in [0.5, 0.6) is 0 Å². The lowest BCUT2D eigenvalue weighted by molar-refractivity contribution is -0.143. The maximum absolute atomic E-state index is 12.3. The molecule has 0 spiro atoms. The molecule has 8 heteroatoms. The van der Waals surface area contributed by atoms with Gasteiger partial charge in [0, 0.05) is 12.1 Å². The van der Waals surface area contributed by atoms with Gasteiger partial charge in [0.05, 0.1) is 12.5 Å². The normalized spacial score (nSPS) is 13.0. The summed E-state index contributed by atoms with van der Waals surface area (Å²) in [6.45, 7) is -0.520. The minimum atomic E-state index is -1.13. The van der Waals surface area contributed by atoms with E-state index in [2.05, 4.69) is 15.5 Å². The number of hydrogen-bond acceptors (Lipinski definition) is 5. The number of carboxylic acid groups (broad SMARTS) is 1. The van der Waals surface area contributed by atoms with Crippen LogP contribution in [0.25, 0.3) is 0 Å². The van der Waals surface area contributed by atoms with Gasteiger partial charge in [0.2, 0.25) is 0 Å². The zero-order valence-electron chi connectivity index (χ0n) is 13.4. The Kier molecular flexibility index (Phi) is 6.41. The number of rotatable bonds is 8. The van der Waals surface area contributed by atoms with E-state index < -0.39 is 36.0 Å². The van der Waals surface area contributed by atoms with E-state index in [0.29, 0.717) is 6.42 Å². The van der Waals surface area contributed by atoms with E-state index in [0.717, 1.165) is 5.56 Å². The number of H-pyrrole nitrogens is 1. The third-order valence-corrected chi connectivity index (χ3v) is 3.71. The van der Waals surface area contributed by atoms with E-state index in [1.807, 2.05) is 30.3 Å². The Hall–Kier alpha value is -3.00. The summed E-state index contributed by atoms with van der Waals surface area (Å²) in [5.41, 5.74) is 0.515. The van der Waals surface area contributed by atoms with Crippen LogP contribution in [0.1, 0.15) is 22.5 Å². The fraction of sp³-hybridized carbons (Fsp3) is 0.294. The molecule has 2 unspecified atom stereocenters. The smallest absolute Gasteiger partial charge is 0.308 e. The highest BCUT2D eigenvalue weighted by atomic mass is 16.4. The number of aliphatic carboxylic acids is 1. The number of benzene rings is 1. The summed E-state index contributed by atoms with van der Waals surface area (Å²) in [5.74, 6) is -2.64. The Bertz CT molecular complexity index is 755. The molecule has 1 aromatic carbocycles. The van der Waals surface area contributed by atoms with Crippen LogP contribution >= 0.6 is 0 Å². The number of carbonyl (C=O) groups excluding carboxylic acids is 1. The monoisotopic (exact) mass is 345 g/mol. The number of aliphatic hydroxyl groups excluding tert-OH is 1. The van der Waals surface area contributed by atoms with Crippen LogP contribution in [0.15, 0.2) is 47.3 Å². The highest BCUT2D eigenvalue weighted by Crippen LogP contribution is 2.13. The third kappa shape index (κ3) is 5.54. The van der Waals surface area contributed by atoms with Crippen LogP contribution in [0.2, 0.25) is 0 Å². The van der Waals surface area contributed by atoms with Crippen LogP contribution in [-0.4, -0.2) is 44.9 Å². The van der Waals surface area contributed by atoms with Crippen molar-refractivity contribution in [3.05, 3.63) is 64.1 Å². The molecule has 2 aromatic rings. The third-order valence-electron chi connectivity index (χ3n) is 3.71. The summed E-state index contributed by atoms with van der Waals surface area (Å²) in [5, 5.41) is 26.9. The Morgan fingerprint density at radius 1 is 1.16 bits per heavy atom. The molecule has 0 fully saturated rings. The molecule has 1 aromatic heterocycles. The summed E-state index contributed by atoms with van der Waals surface area (Å²) in [4.78, 5) is 34.5. The molecular formula is C17H19N3O5. The molecule has 0 saturated heterocycles. The molecule has 1 amide bonds. The molecule has 0 aliphatic carbocycles. The average Bonchev–Trinajstić information content (AvgIpc) is 2.60. The second kappa shape index (κ2) is 8.74. The summed E-state index contributed by atoms with van der Waals surface area (Å²) >= 11 is 0. The predicted octanol–water partition coefficient (Wildman–Crippen LogP) is 0.194. The number of carboxylic acids is 1. The zero-order chi connectivity index (χ0) is 18.2. The molecule has 2 rings (SSSR count). The van der Waals surface area contributed by atoms with Crippen LogP contribution in [0.4, 0.5) is 0 Å². The van der Waals surface area contributed by atoms with Gasteiger partial charge in [-0.1, -0.05) is 30.3 Å². The Morgan fingerprint density at radius 3 is 2.44 bits per heavy atom. The second-order valence-corrected chi connectivity index (χ2v) is 5.62. The molecule has 132 valence electrons. The molecule has 0 saturated carbocycles. The molecule has 4 N–H and O–H groups in total. The highest BCUT2D eigenvalue weighted by molar-refractivity contribution is 5.92. The molecule has 0 radical (unpaired) electrons. The predicted molar refractivity (Wildman–Crippen MR) is 89.1 cm³/mol. The van der Waals surface area contributed by atoms with Gasteiger partial charge in [-0.15, -0.1) is 0 Å². The van der Waals surface area contributed by atoms with Crippen molar-refractivity contribution in [3.63, 3.8) is 0 Å². The molecule has 0 bridgehead atoms. The number of carbonyl (C=O) groups is 2. The molecule has 0 aliphatic rings. The molecule has 2 atom stereocenters. The van der Waals surface area contributed by atoms with E-state index in [4.69, 9.17) is 5.11 Å². The fourth-order valence-electron chi connectivity index (χ4n) is 2.42. The second-order valence-electron chi connectivity index (χ2n) is 5.62. The number of hydrogen-bond donors (Lipinski definition) is 4. The van der Waals surface area contributed by atoms with Crippen molar-refractivity contribution in [1.29, 1.82) is 0 Å². The Balaban J connectivity index is 2.14. The van der Waals surface area contributed by atoms with Gasteiger partial charge in [-0.2, -0.15) is 5.10 Å². The van der Waals surface area contributed by atoms with E-state index in [9.17, 15) is 19.5 Å². The first kappa shape index (κ1) is 18.3. The van der Waals surface area contributed by atoms with Crippen molar-refractivity contribution in [3.8, 4) is 0 Å². The summed E-state index contributed by atoms with van der Waals surface area (Å²) in [7, 11) is 0. The molecule has 1 heterocycles. The van der Waals surface area contributed by atoms with Gasteiger partial charge in [-0.3, -0.25) is 14.4 Å². The van der Waals surface area contributed by atoms with Gasteiger partial charge in [0.25, 0.3) is 11.5 Å². The van der Waals surface area contributed by atoms with E-state index >= 15 is 0 Å². The minimum absolute atomic E-state index is 0.0218. The van der Waals surface area contributed by atoms with Gasteiger partial charge in [-0.25, -0.2) is 5.10 Å². The van der Waals surface area contributed by atoms with Crippen molar-refractivity contribution in [2.24, 2.45) is 5.92 Å². The van der Waals surface area contributed by atoms with Crippen LogP contribution in [0.3, 0.4) is 0 Å². The van der Waals surface area contributed by atoms with E-state index in [1.165, 1.54) is 12.1 Å². The van der Waals surface area contributed by atoms with Crippen LogP contribution < -0.4 is 10.9 Å². The SMILES string of the molecule is O=C(NC(Cc1ccccc1)CC(CO)C(=O)O)c1ccc(=O)[nH]n1. The largest absolute Gasteiger partial charge is 0.481 e. The van der Waals surface area contributed by atoms with Crippen molar-refractivity contribution < 1.29 is 19.8 Å². The lowest BCUT2D eigenvalue weighted by Crippen LogP contribution is -2.40. The number of nitrogens with one attached hydrogen (secondary N) is 2. The summed E-state index contributed by atoms with van der Waals surface area (Å²) in [6.07, 6.45) is 0.468. The summed E-state index contributed by atoms with van der Waals surface area (Å²) < 4.78 is 0. The zero-order valence-corrected chi connectivity index (χ0v) is 13.4. The number of aromatic nitrogens is 2. The standard InChI is InChI=1S/C17H19N3O5/c21-10-12(17(24)25)9-13(8-11-4-2-1-3-5-11)18-16(23)14-6-7-15(22)20-19-14/h1-7,12-13,21H,8-10H2,(H,18,23)(H,20,22)(H,24,25). The fourth-order valence-corrected chi connectivity index (χ4v) is 2.42. The van der Waals surface area contributed by atoms with Crippen molar-refractivity contribution >= 4 is 11.9 Å². The molecule has 0 aliphatic heterocycles. The first-order chi connectivity index (χ1) is 12.0. The first-order valence-corrected chi connectivity index (χ1v) is 7.73. The van der Waals surface area contributed by atoms with Crippen molar-refractivity contribution in [1.82, 2.24) is 15.5 Å². The average molecular weight is 345 g/mol. The topological polar surface area (TPSA) is 132 Å². The lowest BCUT2D eigenvalue weighted by atomic mass is 9.95. The van der Waals surface area contributed by atoms with Gasteiger partial charge in [-0.05, 0) is 24.5 Å². The number of nitrogens with zero attached hydrogens (tertiary/aromatic N) is 1. The quantitative estimate of drug-likeness (QED) is 0.540. The number of aromatic amines is 1. The van der Waals surface area contributed by atoms with E-state index in [-0.39, 0.29) is 12.1 Å². The molecule has 8 nitrogen and oxygen atoms in total. The molecular weight excluding hydrogens is 326 g/mol. The van der Waals surface area contributed by atoms with Crippen LogP contribution in [-0.2, 0) is 11.2 Å². The van der Waals surface area contributed by atoms with Gasteiger partial charge in [0.1, 0.15) is 5.69 Å². The van der Waals surface area contributed by atoms with Crippen LogP contribution in [0, 0.1) is 5.92 Å². The van der Waals surface area contributed by atoms with Crippen molar-refractivity contribution in [2.45, 2.75) is 18.9 Å². The maximum atomic E-state index is 12.3. The minimum Gasteiger partial charge on any atom is -0.481 e. The Labute approximate surface area is 143 Å². The number of aliphatic hydroxyl groups is 1. The van der Waals surface area contributed by atoms with Crippen molar-refractivity contribution in [2.75, 3.05) is 6.61 Å².